The Kier molecular flexibility index (Phi) is 8.85. The number of carbonyl (C=O) groups is 3. The lowest BCUT2D eigenvalue weighted by molar-refractivity contribution is -0.219. The van der Waals surface area contributed by atoms with Crippen molar-refractivity contribution in [3.63, 3.8) is 0 Å². The van der Waals surface area contributed by atoms with Crippen LogP contribution in [0, 0.1) is 28.6 Å². The molecule has 4 aliphatic rings. The minimum absolute atomic E-state index is 0.0676. The number of hydrogen-bond acceptors (Lipinski definition) is 9. The summed E-state index contributed by atoms with van der Waals surface area (Å²) >= 11 is 0. The quantitative estimate of drug-likeness (QED) is 0.0926. The van der Waals surface area contributed by atoms with Crippen LogP contribution in [-0.4, -0.2) is 80.6 Å². The number of aliphatic hydroxyl groups excluding tert-OH is 2. The molecule has 0 aromatic heterocycles. The van der Waals surface area contributed by atoms with Gasteiger partial charge in [-0.25, -0.2) is 4.39 Å². The second-order valence-corrected chi connectivity index (χ2v) is 11.8. The molecular formula is C27H41FN4O8. The number of carbonyl (C=O) groups excluding carboxylic acids is 2. The Morgan fingerprint density at radius 2 is 1.93 bits per heavy atom. The molecule has 224 valence electrons. The van der Waals surface area contributed by atoms with Gasteiger partial charge in [-0.1, -0.05) is 25.5 Å². The van der Waals surface area contributed by atoms with Crippen molar-refractivity contribution in [2.75, 3.05) is 13.2 Å². The highest BCUT2D eigenvalue weighted by Gasteiger charge is 2.75. The molecule has 0 spiro atoms. The zero-order valence-electron chi connectivity index (χ0n) is 23.0. The number of alkyl halides is 1. The summed E-state index contributed by atoms with van der Waals surface area (Å²) in [4.78, 5) is 39.1. The van der Waals surface area contributed by atoms with Gasteiger partial charge in [0.05, 0.1) is 6.10 Å². The number of ketones is 2. The number of aliphatic hydroxyl groups is 3. The average Bonchev–Trinajstić information content (AvgIpc) is 3.08. The number of nitrogens with zero attached hydrogens (tertiary/aromatic N) is 1. The predicted molar refractivity (Wildman–Crippen MR) is 142 cm³/mol. The fourth-order valence-electron chi connectivity index (χ4n) is 7.68. The minimum Gasteiger partial charge on any atom is -0.480 e. The Hall–Kier alpha value is -2.87. The van der Waals surface area contributed by atoms with Gasteiger partial charge in [-0.15, -0.1) is 0 Å². The van der Waals surface area contributed by atoms with Crippen molar-refractivity contribution in [2.24, 2.45) is 50.9 Å². The molecule has 3 saturated carbocycles. The van der Waals surface area contributed by atoms with E-state index in [1.807, 2.05) is 0 Å². The van der Waals surface area contributed by atoms with Crippen molar-refractivity contribution >= 4 is 23.5 Å². The lowest BCUT2D eigenvalue weighted by Crippen LogP contribution is -2.69. The van der Waals surface area contributed by atoms with Crippen LogP contribution in [0.1, 0.15) is 52.9 Å². The Morgan fingerprint density at radius 3 is 2.50 bits per heavy atom. The third-order valence-corrected chi connectivity index (χ3v) is 9.80. The van der Waals surface area contributed by atoms with E-state index < -0.39 is 64.4 Å². The van der Waals surface area contributed by atoms with Gasteiger partial charge in [0.1, 0.15) is 24.9 Å². The van der Waals surface area contributed by atoms with Gasteiger partial charge in [-0.2, -0.15) is 0 Å². The molecule has 3 fully saturated rings. The number of fused-ring (bicyclic) bond motifs is 5. The van der Waals surface area contributed by atoms with E-state index in [0.29, 0.717) is 24.8 Å². The molecule has 0 amide bonds. The van der Waals surface area contributed by atoms with Crippen LogP contribution in [0.25, 0.3) is 0 Å². The molecule has 0 bridgehead atoms. The highest BCUT2D eigenvalue weighted by Crippen LogP contribution is 2.70. The fourth-order valence-corrected chi connectivity index (χ4v) is 7.68. The highest BCUT2D eigenvalue weighted by molar-refractivity contribution is 6.01. The van der Waals surface area contributed by atoms with E-state index >= 15 is 4.39 Å². The van der Waals surface area contributed by atoms with E-state index in [2.05, 4.69) is 9.99 Å². The molecule has 13 heteroatoms. The van der Waals surface area contributed by atoms with Gasteiger partial charge in [0.2, 0.25) is 5.96 Å². The lowest BCUT2D eigenvalue weighted by atomic mass is 9.44. The van der Waals surface area contributed by atoms with Crippen LogP contribution < -0.4 is 17.2 Å². The number of carboxylic acids is 1. The maximum absolute atomic E-state index is 16.9. The highest BCUT2D eigenvalue weighted by atomic mass is 19.1. The molecule has 9 atom stereocenters. The first-order valence-corrected chi connectivity index (χ1v) is 13.4. The van der Waals surface area contributed by atoms with Gasteiger partial charge in [0, 0.05) is 23.2 Å². The molecule has 0 radical (unpaired) electrons. The molecule has 6 unspecified atom stereocenters. The fraction of sp³-hybridized carbons (Fsp3) is 0.704. The van der Waals surface area contributed by atoms with Crippen molar-refractivity contribution in [1.82, 2.24) is 0 Å². The topological polar surface area (TPSA) is 232 Å². The number of allylic oxidation sites excluding steroid dienone is 4. The van der Waals surface area contributed by atoms with Crippen LogP contribution in [0.2, 0.25) is 0 Å². The molecule has 4 aliphatic carbocycles. The number of aliphatic carboxylic acids is 1. The molecule has 0 aromatic rings. The number of nitrogens with two attached hydrogens (primary N) is 3. The summed E-state index contributed by atoms with van der Waals surface area (Å²) in [6, 6.07) is -0.945. The van der Waals surface area contributed by atoms with Gasteiger partial charge in [0.25, 0.3) is 0 Å². The number of rotatable bonds is 7. The number of Topliss-reactive ketones (excluding diaryl/α,β-unsaturated/α-hetero) is 1. The molecule has 0 aliphatic heterocycles. The molecule has 40 heavy (non-hydrogen) atoms. The Balaban J connectivity index is 0.000000312. The smallest absolute Gasteiger partial charge is 0.320 e. The van der Waals surface area contributed by atoms with Crippen LogP contribution in [0.3, 0.4) is 0 Å². The van der Waals surface area contributed by atoms with E-state index in [9.17, 15) is 29.7 Å². The molecule has 10 N–H and O–H groups in total. The van der Waals surface area contributed by atoms with E-state index in [1.165, 1.54) is 12.2 Å². The summed E-state index contributed by atoms with van der Waals surface area (Å²) in [5.74, 6) is -3.41. The van der Waals surface area contributed by atoms with E-state index in [-0.39, 0.29) is 37.1 Å². The summed E-state index contributed by atoms with van der Waals surface area (Å²) in [5.41, 5.74) is 9.82. The van der Waals surface area contributed by atoms with Gasteiger partial charge in [-0.3, -0.25) is 14.4 Å². The molecular weight excluding hydrogens is 527 g/mol. The standard InChI is InChI=1S/C22H29FO5.C5H12N4O3/c1-12-8-16-15-5-4-13-9-14(25)6-7-19(13,2)21(15,23)17(26)10-20(16,3)22(12,28)18(27)11-24;6-3(4(10)11)1-2-12-9-5(7)8/h6-7,9,12,15-17,24,26,28H,4-5,8,10-11H2,1-3H3;3H,1-2,6H2,(H,10,11)(H4,7,8,9)/t12-,15?,16?,17?,19?,20?,21+,22+;/m1./s1. The Labute approximate surface area is 232 Å². The zero-order valence-corrected chi connectivity index (χ0v) is 23.0. The van der Waals surface area contributed by atoms with E-state index in [0.717, 1.165) is 0 Å². The van der Waals surface area contributed by atoms with E-state index in [4.69, 9.17) is 22.3 Å². The van der Waals surface area contributed by atoms with Crippen molar-refractivity contribution in [2.45, 2.75) is 76.3 Å². The second-order valence-electron chi connectivity index (χ2n) is 11.8. The van der Waals surface area contributed by atoms with Crippen molar-refractivity contribution in [1.29, 1.82) is 0 Å². The van der Waals surface area contributed by atoms with E-state index in [1.54, 1.807) is 26.8 Å². The Bertz CT molecular complexity index is 1130. The van der Waals surface area contributed by atoms with Crippen molar-refractivity contribution in [3.8, 4) is 0 Å². The van der Waals surface area contributed by atoms with Crippen LogP contribution in [0.15, 0.2) is 29.0 Å². The summed E-state index contributed by atoms with van der Waals surface area (Å²) in [6.07, 6.45) is 4.60. The summed E-state index contributed by atoms with van der Waals surface area (Å²) < 4.78 is 16.9. The number of guanidine groups is 1. The van der Waals surface area contributed by atoms with Gasteiger partial charge < -0.3 is 42.5 Å². The Morgan fingerprint density at radius 1 is 1.27 bits per heavy atom. The summed E-state index contributed by atoms with van der Waals surface area (Å²) in [7, 11) is 0. The molecule has 0 aromatic carbocycles. The summed E-state index contributed by atoms with van der Waals surface area (Å²) in [6.45, 7) is 4.55. The predicted octanol–water partition coefficient (Wildman–Crippen LogP) is -0.111. The SMILES string of the molecule is C[C@@H]1CC2C3CCC4=CC(=O)C=CC4(C)[C@@]3(F)C(O)CC2(C)[C@@]1(O)C(=O)CO.NC(N)=NOCCC(N)C(=O)O. The normalized spacial score (nSPS) is 40.3. The van der Waals surface area contributed by atoms with Gasteiger partial charge in [-0.05, 0) is 61.8 Å². The van der Waals surface area contributed by atoms with Crippen molar-refractivity contribution in [3.05, 3.63) is 23.8 Å². The van der Waals surface area contributed by atoms with Crippen molar-refractivity contribution < 1.29 is 44.0 Å². The molecule has 4 rings (SSSR count). The molecule has 12 nitrogen and oxygen atoms in total. The maximum Gasteiger partial charge on any atom is 0.320 e. The third-order valence-electron chi connectivity index (χ3n) is 9.80. The zero-order chi connectivity index (χ0) is 30.3. The van der Waals surface area contributed by atoms with Crippen LogP contribution >= 0.6 is 0 Å². The molecule has 0 saturated heterocycles. The van der Waals surface area contributed by atoms with Gasteiger partial charge in [0.15, 0.2) is 17.2 Å². The largest absolute Gasteiger partial charge is 0.480 e. The maximum atomic E-state index is 16.9. The van der Waals surface area contributed by atoms with Crippen LogP contribution in [0.4, 0.5) is 4.39 Å². The lowest BCUT2D eigenvalue weighted by Gasteiger charge is -2.62. The van der Waals surface area contributed by atoms with Crippen LogP contribution in [0.5, 0.6) is 0 Å². The third kappa shape index (κ3) is 4.82. The first kappa shape index (κ1) is 31.7. The van der Waals surface area contributed by atoms with Gasteiger partial charge >= 0.3 is 5.97 Å². The first-order chi connectivity index (χ1) is 18.5. The average molecular weight is 569 g/mol. The summed E-state index contributed by atoms with van der Waals surface area (Å²) in [5, 5.41) is 43.5. The number of carboxylic acid groups (broad SMARTS) is 1. The number of hydrogen-bond donors (Lipinski definition) is 7. The number of halogens is 1. The molecule has 0 heterocycles. The number of oxime groups is 1. The van der Waals surface area contributed by atoms with Crippen LogP contribution in [-0.2, 0) is 19.2 Å². The first-order valence-electron chi connectivity index (χ1n) is 13.4. The minimum atomic E-state index is -1.98. The second kappa shape index (κ2) is 11.2. The monoisotopic (exact) mass is 568 g/mol.